The number of ether oxygens (including phenoxy) is 1. The summed E-state index contributed by atoms with van der Waals surface area (Å²) >= 11 is 0. The molecule has 0 fully saturated rings. The van der Waals surface area contributed by atoms with Crippen molar-refractivity contribution in [2.75, 3.05) is 24.7 Å². The summed E-state index contributed by atoms with van der Waals surface area (Å²) in [7, 11) is 0. The standard InChI is InChI=1S/C15H19NO3/c1-3-8-19-9-7-16-13-6-5-11(4-2)10-12(13)14(17)15(16)18/h5-6,10H,3-4,7-9H2,1-2H3. The fourth-order valence-electron chi connectivity index (χ4n) is 2.19. The van der Waals surface area contributed by atoms with Crippen LogP contribution < -0.4 is 4.90 Å². The average Bonchev–Trinajstić information content (AvgIpc) is 2.67. The Morgan fingerprint density at radius 1 is 1.16 bits per heavy atom. The van der Waals surface area contributed by atoms with Gasteiger partial charge in [0.2, 0.25) is 0 Å². The maximum atomic E-state index is 11.9. The molecule has 102 valence electrons. The van der Waals surface area contributed by atoms with E-state index in [0.29, 0.717) is 31.0 Å². The fourth-order valence-corrected chi connectivity index (χ4v) is 2.19. The van der Waals surface area contributed by atoms with Crippen LogP contribution in [0.3, 0.4) is 0 Å². The summed E-state index contributed by atoms with van der Waals surface area (Å²) in [6, 6.07) is 5.64. The Balaban J connectivity index is 2.15. The SMILES string of the molecule is CCCOCCN1C(=O)C(=O)c2cc(CC)ccc21. The lowest BCUT2D eigenvalue weighted by molar-refractivity contribution is -0.114. The Hall–Kier alpha value is -1.68. The van der Waals surface area contributed by atoms with Gasteiger partial charge in [-0.15, -0.1) is 0 Å². The number of fused-ring (bicyclic) bond motifs is 1. The number of carbonyl (C=O) groups is 2. The van der Waals surface area contributed by atoms with Crippen LogP contribution in [-0.4, -0.2) is 31.4 Å². The third-order valence-corrected chi connectivity index (χ3v) is 3.25. The first-order valence-corrected chi connectivity index (χ1v) is 6.75. The van der Waals surface area contributed by atoms with Crippen molar-refractivity contribution in [3.8, 4) is 0 Å². The minimum Gasteiger partial charge on any atom is -0.380 e. The van der Waals surface area contributed by atoms with Crippen molar-refractivity contribution in [2.24, 2.45) is 0 Å². The average molecular weight is 261 g/mol. The van der Waals surface area contributed by atoms with Gasteiger partial charge in [-0.1, -0.05) is 19.9 Å². The summed E-state index contributed by atoms with van der Waals surface area (Å²) < 4.78 is 5.38. The molecule has 0 bridgehead atoms. The fraction of sp³-hybridized carbons (Fsp3) is 0.467. The molecular weight excluding hydrogens is 242 g/mol. The van der Waals surface area contributed by atoms with E-state index < -0.39 is 11.7 Å². The van der Waals surface area contributed by atoms with E-state index >= 15 is 0 Å². The number of carbonyl (C=O) groups excluding carboxylic acids is 2. The maximum Gasteiger partial charge on any atom is 0.299 e. The molecule has 0 spiro atoms. The van der Waals surface area contributed by atoms with Gasteiger partial charge in [0, 0.05) is 13.2 Å². The lowest BCUT2D eigenvalue weighted by atomic mass is 10.1. The molecule has 1 aromatic carbocycles. The molecule has 0 aromatic heterocycles. The van der Waals surface area contributed by atoms with Gasteiger partial charge in [0.25, 0.3) is 11.7 Å². The molecule has 1 aromatic rings. The van der Waals surface area contributed by atoms with E-state index in [4.69, 9.17) is 4.74 Å². The highest BCUT2D eigenvalue weighted by Crippen LogP contribution is 2.29. The van der Waals surface area contributed by atoms with Gasteiger partial charge >= 0.3 is 0 Å². The van der Waals surface area contributed by atoms with Crippen LogP contribution in [0.2, 0.25) is 0 Å². The van der Waals surface area contributed by atoms with Crippen molar-refractivity contribution < 1.29 is 14.3 Å². The maximum absolute atomic E-state index is 11.9. The van der Waals surface area contributed by atoms with Gasteiger partial charge in [-0.3, -0.25) is 9.59 Å². The molecule has 1 aliphatic heterocycles. The number of amides is 1. The topological polar surface area (TPSA) is 46.6 Å². The Bertz CT molecular complexity index is 496. The molecule has 0 saturated carbocycles. The van der Waals surface area contributed by atoms with Gasteiger partial charge in [0.15, 0.2) is 0 Å². The Labute approximate surface area is 113 Å². The van der Waals surface area contributed by atoms with Gasteiger partial charge in [-0.25, -0.2) is 0 Å². The van der Waals surface area contributed by atoms with Crippen molar-refractivity contribution in [2.45, 2.75) is 26.7 Å². The van der Waals surface area contributed by atoms with Crippen LogP contribution in [0.25, 0.3) is 0 Å². The lowest BCUT2D eigenvalue weighted by Crippen LogP contribution is -2.32. The third kappa shape index (κ3) is 2.68. The van der Waals surface area contributed by atoms with Crippen molar-refractivity contribution in [1.29, 1.82) is 0 Å². The molecule has 0 N–H and O–H groups in total. The summed E-state index contributed by atoms with van der Waals surface area (Å²) in [5, 5.41) is 0. The van der Waals surface area contributed by atoms with Crippen LogP contribution in [0.4, 0.5) is 5.69 Å². The molecule has 0 saturated heterocycles. The number of benzene rings is 1. The second kappa shape index (κ2) is 5.97. The second-order valence-electron chi connectivity index (χ2n) is 4.60. The minimum atomic E-state index is -0.441. The molecule has 0 aliphatic carbocycles. The van der Waals surface area contributed by atoms with E-state index in [-0.39, 0.29) is 0 Å². The number of anilines is 1. The molecule has 0 atom stereocenters. The summed E-state index contributed by atoms with van der Waals surface area (Å²) in [6.07, 6.45) is 1.80. The first-order chi connectivity index (χ1) is 9.19. The normalized spacial score (nSPS) is 14.1. The van der Waals surface area contributed by atoms with E-state index in [2.05, 4.69) is 0 Å². The highest BCUT2D eigenvalue weighted by atomic mass is 16.5. The molecular formula is C15H19NO3. The summed E-state index contributed by atoms with van der Waals surface area (Å²) in [4.78, 5) is 25.4. The van der Waals surface area contributed by atoms with Crippen LogP contribution in [0.5, 0.6) is 0 Å². The summed E-state index contributed by atoms with van der Waals surface area (Å²) in [5.74, 6) is -0.843. The van der Waals surface area contributed by atoms with Crippen LogP contribution >= 0.6 is 0 Å². The first kappa shape index (κ1) is 13.7. The van der Waals surface area contributed by atoms with Crippen LogP contribution in [0.15, 0.2) is 18.2 Å². The molecule has 4 nitrogen and oxygen atoms in total. The lowest BCUT2D eigenvalue weighted by Gasteiger charge is -2.16. The zero-order chi connectivity index (χ0) is 13.8. The van der Waals surface area contributed by atoms with E-state index in [1.807, 2.05) is 32.0 Å². The molecule has 1 aliphatic rings. The zero-order valence-corrected chi connectivity index (χ0v) is 11.4. The van der Waals surface area contributed by atoms with Gasteiger partial charge in [-0.2, -0.15) is 0 Å². The first-order valence-electron chi connectivity index (χ1n) is 6.75. The highest BCUT2D eigenvalue weighted by molar-refractivity contribution is 6.52. The minimum absolute atomic E-state index is 0.402. The number of hydrogen-bond donors (Lipinski definition) is 0. The van der Waals surface area contributed by atoms with Crippen LogP contribution in [0.1, 0.15) is 36.2 Å². The Morgan fingerprint density at radius 3 is 2.63 bits per heavy atom. The van der Waals surface area contributed by atoms with E-state index in [1.165, 1.54) is 4.90 Å². The highest BCUT2D eigenvalue weighted by Gasteiger charge is 2.35. The van der Waals surface area contributed by atoms with Gasteiger partial charge < -0.3 is 9.64 Å². The van der Waals surface area contributed by atoms with Crippen LogP contribution in [-0.2, 0) is 16.0 Å². The predicted octanol–water partition coefficient (Wildman–Crippen LogP) is 2.20. The number of rotatable bonds is 6. The summed E-state index contributed by atoms with van der Waals surface area (Å²) in [5.41, 5.74) is 2.32. The molecule has 4 heteroatoms. The quantitative estimate of drug-likeness (QED) is 0.582. The monoisotopic (exact) mass is 261 g/mol. The number of ketones is 1. The molecule has 19 heavy (non-hydrogen) atoms. The number of nitrogens with zero attached hydrogens (tertiary/aromatic N) is 1. The third-order valence-electron chi connectivity index (χ3n) is 3.25. The largest absolute Gasteiger partial charge is 0.380 e. The molecule has 0 unspecified atom stereocenters. The van der Waals surface area contributed by atoms with E-state index in [0.717, 1.165) is 18.4 Å². The molecule has 1 amide bonds. The smallest absolute Gasteiger partial charge is 0.299 e. The van der Waals surface area contributed by atoms with Crippen molar-refractivity contribution >= 4 is 17.4 Å². The van der Waals surface area contributed by atoms with Crippen molar-refractivity contribution in [3.05, 3.63) is 29.3 Å². The van der Waals surface area contributed by atoms with Gasteiger partial charge in [0.05, 0.1) is 17.9 Å². The van der Waals surface area contributed by atoms with E-state index in [9.17, 15) is 9.59 Å². The van der Waals surface area contributed by atoms with E-state index in [1.54, 1.807) is 0 Å². The molecule has 2 rings (SSSR count). The van der Waals surface area contributed by atoms with Gasteiger partial charge in [0.1, 0.15) is 0 Å². The second-order valence-corrected chi connectivity index (χ2v) is 4.60. The number of aryl methyl sites for hydroxylation is 1. The Morgan fingerprint density at radius 2 is 1.95 bits per heavy atom. The predicted molar refractivity (Wildman–Crippen MR) is 73.6 cm³/mol. The van der Waals surface area contributed by atoms with Gasteiger partial charge in [-0.05, 0) is 30.5 Å². The Kier molecular flexibility index (Phi) is 4.32. The molecule has 1 heterocycles. The number of Topliss-reactive ketones (excluding diaryl/α,β-unsaturated/α-hetero) is 1. The number of hydrogen-bond acceptors (Lipinski definition) is 3. The molecule has 0 radical (unpaired) electrons. The van der Waals surface area contributed by atoms with Crippen molar-refractivity contribution in [3.63, 3.8) is 0 Å². The zero-order valence-electron chi connectivity index (χ0n) is 11.4. The van der Waals surface area contributed by atoms with Crippen LogP contribution in [0, 0.1) is 0 Å². The summed E-state index contributed by atoms with van der Waals surface area (Å²) in [6.45, 7) is 5.63. The van der Waals surface area contributed by atoms with Crippen molar-refractivity contribution in [1.82, 2.24) is 0 Å².